The van der Waals surface area contributed by atoms with Gasteiger partial charge in [-0.1, -0.05) is 48.5 Å². The van der Waals surface area contributed by atoms with Crippen LogP contribution >= 0.6 is 11.3 Å². The maximum Gasteiger partial charge on any atom is 0.271 e. The quantitative estimate of drug-likeness (QED) is 0.341. The van der Waals surface area contributed by atoms with Gasteiger partial charge in [0.25, 0.3) is 10.1 Å². The molecule has 0 saturated carbocycles. The summed E-state index contributed by atoms with van der Waals surface area (Å²) in [6.07, 6.45) is 0.355. The molecule has 0 radical (unpaired) electrons. The minimum absolute atomic E-state index is 0.0250. The number of oxazole rings is 1. The molecule has 0 unspecified atom stereocenters. The summed E-state index contributed by atoms with van der Waals surface area (Å²) in [5.74, 6) is 1.04. The highest BCUT2D eigenvalue weighted by atomic mass is 32.2. The summed E-state index contributed by atoms with van der Waals surface area (Å²) >= 11 is 1.68. The van der Waals surface area contributed by atoms with E-state index in [0.29, 0.717) is 29.3 Å². The molecule has 0 aliphatic carbocycles. The summed E-state index contributed by atoms with van der Waals surface area (Å²) in [5, 5.41) is 2.04. The number of aromatic nitrogens is 1. The molecular formula is C23H21NO4S2. The minimum Gasteiger partial charge on any atom is -0.441 e. The Hall–Kier alpha value is -2.74. The Balaban J connectivity index is 1.42. The van der Waals surface area contributed by atoms with E-state index in [4.69, 9.17) is 8.60 Å². The van der Waals surface area contributed by atoms with Gasteiger partial charge in [0, 0.05) is 16.9 Å². The first-order valence-electron chi connectivity index (χ1n) is 9.52. The predicted molar refractivity (Wildman–Crippen MR) is 119 cm³/mol. The van der Waals surface area contributed by atoms with Gasteiger partial charge in [-0.15, -0.1) is 11.3 Å². The molecule has 4 aromatic rings. The number of thiophene rings is 1. The summed E-state index contributed by atoms with van der Waals surface area (Å²) in [6.45, 7) is 1.85. The third-order valence-corrected chi connectivity index (χ3v) is 6.73. The van der Waals surface area contributed by atoms with Gasteiger partial charge in [-0.2, -0.15) is 8.42 Å². The summed E-state index contributed by atoms with van der Waals surface area (Å²) in [7, 11) is -3.65. The van der Waals surface area contributed by atoms with Crippen LogP contribution in [0.15, 0.2) is 76.5 Å². The van der Waals surface area contributed by atoms with Gasteiger partial charge in [0.15, 0.2) is 0 Å². The zero-order chi connectivity index (χ0) is 21.0. The molecule has 5 nitrogen and oxygen atoms in total. The summed E-state index contributed by atoms with van der Waals surface area (Å²) < 4.78 is 35.4. The van der Waals surface area contributed by atoms with E-state index in [1.807, 2.05) is 42.6 Å². The number of benzene rings is 2. The molecule has 0 amide bonds. The van der Waals surface area contributed by atoms with Crippen LogP contribution in [-0.2, 0) is 26.5 Å². The van der Waals surface area contributed by atoms with E-state index in [1.54, 1.807) is 35.6 Å². The molecule has 154 valence electrons. The van der Waals surface area contributed by atoms with Crippen molar-refractivity contribution in [2.24, 2.45) is 0 Å². The van der Waals surface area contributed by atoms with Gasteiger partial charge in [-0.25, -0.2) is 4.98 Å². The van der Waals surface area contributed by atoms with Crippen LogP contribution in [0.3, 0.4) is 0 Å². The highest BCUT2D eigenvalue weighted by molar-refractivity contribution is 7.85. The second-order valence-electron chi connectivity index (χ2n) is 6.84. The van der Waals surface area contributed by atoms with Crippen LogP contribution in [-0.4, -0.2) is 20.0 Å². The van der Waals surface area contributed by atoms with Crippen LogP contribution in [0, 0.1) is 6.92 Å². The van der Waals surface area contributed by atoms with Crippen molar-refractivity contribution in [3.05, 3.63) is 89.1 Å². The number of rotatable bonds is 8. The first kappa shape index (κ1) is 20.5. The number of hydrogen-bond acceptors (Lipinski definition) is 6. The highest BCUT2D eigenvalue weighted by Crippen LogP contribution is 2.29. The zero-order valence-corrected chi connectivity index (χ0v) is 18.1. The molecule has 0 N–H and O–H groups in total. The molecule has 2 aromatic carbocycles. The van der Waals surface area contributed by atoms with Gasteiger partial charge in [0.05, 0.1) is 12.3 Å². The average Bonchev–Trinajstić information content (AvgIpc) is 3.39. The Kier molecular flexibility index (Phi) is 6.13. The van der Waals surface area contributed by atoms with Crippen LogP contribution in [0.4, 0.5) is 0 Å². The van der Waals surface area contributed by atoms with E-state index in [9.17, 15) is 8.42 Å². The Labute approximate surface area is 180 Å². The van der Waals surface area contributed by atoms with Gasteiger partial charge < -0.3 is 4.42 Å². The van der Waals surface area contributed by atoms with Crippen molar-refractivity contribution < 1.29 is 17.0 Å². The van der Waals surface area contributed by atoms with Gasteiger partial charge in [0.1, 0.15) is 11.5 Å². The van der Waals surface area contributed by atoms with Crippen LogP contribution in [0.5, 0.6) is 0 Å². The summed E-state index contributed by atoms with van der Waals surface area (Å²) in [5.41, 5.74) is 3.38. The second-order valence-corrected chi connectivity index (χ2v) is 9.43. The van der Waals surface area contributed by atoms with E-state index in [1.165, 1.54) is 4.88 Å². The summed E-state index contributed by atoms with van der Waals surface area (Å²) in [4.78, 5) is 5.75. The Morgan fingerprint density at radius 2 is 1.80 bits per heavy atom. The Morgan fingerprint density at radius 1 is 1.00 bits per heavy atom. The van der Waals surface area contributed by atoms with E-state index in [-0.39, 0.29) is 12.4 Å². The lowest BCUT2D eigenvalue weighted by Crippen LogP contribution is -2.11. The van der Waals surface area contributed by atoms with E-state index in [0.717, 1.165) is 11.1 Å². The van der Waals surface area contributed by atoms with Gasteiger partial charge in [-0.3, -0.25) is 4.18 Å². The molecule has 30 heavy (non-hydrogen) atoms. The first-order valence-corrected chi connectivity index (χ1v) is 12.0. The SMILES string of the molecule is Cc1oc(-c2cccc(-c3cccs3)c2)nc1CCOS(=O)(=O)Cc1ccccc1. The smallest absolute Gasteiger partial charge is 0.271 e. The number of aryl methyl sites for hydroxylation is 1. The van der Waals surface area contributed by atoms with Crippen molar-refractivity contribution >= 4 is 21.5 Å². The molecule has 2 aromatic heterocycles. The molecule has 7 heteroatoms. The standard InChI is InChI=1S/C23H21NO4S2/c1-17-21(12-13-27-30(25,26)16-18-7-3-2-4-8-18)24-23(28-17)20-10-5-9-19(15-20)22-11-6-14-29-22/h2-11,14-15H,12-13,16H2,1H3. The molecule has 0 fully saturated rings. The highest BCUT2D eigenvalue weighted by Gasteiger charge is 2.16. The lowest BCUT2D eigenvalue weighted by molar-refractivity contribution is 0.319. The zero-order valence-electron chi connectivity index (χ0n) is 16.4. The Bertz CT molecular complexity index is 1210. The second kappa shape index (κ2) is 8.95. The van der Waals surface area contributed by atoms with E-state index < -0.39 is 10.1 Å². The molecule has 0 bridgehead atoms. The largest absolute Gasteiger partial charge is 0.441 e. The van der Waals surface area contributed by atoms with Gasteiger partial charge >= 0.3 is 0 Å². The van der Waals surface area contributed by atoms with Crippen LogP contribution < -0.4 is 0 Å². The molecule has 0 aliphatic heterocycles. The van der Waals surface area contributed by atoms with Crippen molar-refractivity contribution in [3.8, 4) is 21.9 Å². The Morgan fingerprint density at radius 3 is 2.57 bits per heavy atom. The van der Waals surface area contributed by atoms with Crippen molar-refractivity contribution in [1.29, 1.82) is 0 Å². The third kappa shape index (κ3) is 5.05. The van der Waals surface area contributed by atoms with Gasteiger partial charge in [0.2, 0.25) is 5.89 Å². The van der Waals surface area contributed by atoms with Crippen LogP contribution in [0.25, 0.3) is 21.9 Å². The number of hydrogen-bond donors (Lipinski definition) is 0. The fraction of sp³-hybridized carbons (Fsp3) is 0.174. The monoisotopic (exact) mass is 439 g/mol. The topological polar surface area (TPSA) is 69.4 Å². The lowest BCUT2D eigenvalue weighted by atomic mass is 10.1. The molecule has 2 heterocycles. The van der Waals surface area contributed by atoms with Crippen LogP contribution in [0.2, 0.25) is 0 Å². The normalized spacial score (nSPS) is 11.6. The van der Waals surface area contributed by atoms with Crippen molar-refractivity contribution in [1.82, 2.24) is 4.98 Å². The maximum atomic E-state index is 12.2. The predicted octanol–water partition coefficient (Wildman–Crippen LogP) is 5.47. The third-order valence-electron chi connectivity index (χ3n) is 4.60. The first-order chi connectivity index (χ1) is 14.5. The lowest BCUT2D eigenvalue weighted by Gasteiger charge is -2.05. The molecule has 0 spiro atoms. The molecule has 0 saturated heterocycles. The molecule has 4 rings (SSSR count). The van der Waals surface area contributed by atoms with E-state index >= 15 is 0 Å². The molecular weight excluding hydrogens is 418 g/mol. The van der Waals surface area contributed by atoms with Crippen molar-refractivity contribution in [2.45, 2.75) is 19.1 Å². The molecule has 0 aliphatic rings. The average molecular weight is 440 g/mol. The summed E-state index contributed by atoms with van der Waals surface area (Å²) in [6, 6.07) is 21.1. The van der Waals surface area contributed by atoms with Crippen LogP contribution in [0.1, 0.15) is 17.0 Å². The fourth-order valence-electron chi connectivity index (χ4n) is 3.12. The minimum atomic E-state index is -3.65. The van der Waals surface area contributed by atoms with Gasteiger partial charge in [-0.05, 0) is 41.6 Å². The van der Waals surface area contributed by atoms with Crippen molar-refractivity contribution in [3.63, 3.8) is 0 Å². The fourth-order valence-corrected chi connectivity index (χ4v) is 4.86. The molecule has 0 atom stereocenters. The van der Waals surface area contributed by atoms with Crippen molar-refractivity contribution in [2.75, 3.05) is 6.61 Å². The van der Waals surface area contributed by atoms with E-state index in [2.05, 4.69) is 17.1 Å². The maximum absolute atomic E-state index is 12.2. The number of nitrogens with zero attached hydrogens (tertiary/aromatic N) is 1.